The van der Waals surface area contributed by atoms with Gasteiger partial charge in [-0.15, -0.1) is 47.0 Å². The number of aliphatic hydroxyl groups is 1. The molecule has 16 rings (SSSR count). The number of fused-ring (bicyclic) bond motifs is 5. The van der Waals surface area contributed by atoms with E-state index in [0.29, 0.717) is 28.0 Å². The predicted octanol–water partition coefficient (Wildman–Crippen LogP) is -20.8. The number of benzene rings is 4. The van der Waals surface area contributed by atoms with Gasteiger partial charge in [0, 0.05) is 82.0 Å². The van der Waals surface area contributed by atoms with Gasteiger partial charge in [0.15, 0.2) is 58.9 Å². The maximum absolute atomic E-state index is 12.9. The Morgan fingerprint density at radius 3 is 0.929 bits per heavy atom. The van der Waals surface area contributed by atoms with Crippen LogP contribution < -0.4 is 206 Å². The van der Waals surface area contributed by atoms with Gasteiger partial charge in [0.1, 0.15) is 104 Å². The van der Waals surface area contributed by atoms with Crippen LogP contribution in [0.25, 0.3) is 0 Å². The number of carbonyl (C=O) groups is 15. The van der Waals surface area contributed by atoms with Gasteiger partial charge >= 0.3 is 160 Å². The first-order valence-corrected chi connectivity index (χ1v) is 49.4. The van der Waals surface area contributed by atoms with E-state index in [0.717, 1.165) is 50.0 Å². The first-order valence-electron chi connectivity index (χ1n) is 39.3. The number of ether oxygens (including phenoxy) is 1. The minimum absolute atomic E-state index is 0. The summed E-state index contributed by atoms with van der Waals surface area (Å²) in [6.45, 7) is -0.243. The fourth-order valence-corrected chi connectivity index (χ4v) is 23.6. The Hall–Kier alpha value is -8.66. The summed E-state index contributed by atoms with van der Waals surface area (Å²) in [5.74, 6) is -13.3. The summed E-state index contributed by atoms with van der Waals surface area (Å²) < 4.78 is 149. The average Bonchev–Trinajstić information content (AvgIpc) is 1.31. The number of β-lactam (4-membered cyclic amide) rings is 4. The zero-order valence-corrected chi connectivity index (χ0v) is 90.9. The van der Waals surface area contributed by atoms with Crippen molar-refractivity contribution >= 4 is 176 Å². The summed E-state index contributed by atoms with van der Waals surface area (Å²) in [5.41, 5.74) is 17.0. The number of aliphatic hydroxyl groups excluding tert-OH is 1. The van der Waals surface area contributed by atoms with Crippen LogP contribution in [0.3, 0.4) is 0 Å². The molecule has 0 unspecified atom stereocenters. The number of nitrogens with zero attached hydrogens (tertiary/aromatic N) is 7. The topological polar surface area (TPSA) is 740 Å². The third kappa shape index (κ3) is 27.6. The molecule has 59 heteroatoms. The minimum Gasteiger partial charge on any atom is -0.747 e. The predicted molar refractivity (Wildman–Crippen MR) is 462 cm³/mol. The van der Waals surface area contributed by atoms with Crippen LogP contribution in [0.1, 0.15) is 74.3 Å². The minimum atomic E-state index is -5.11. The fourth-order valence-electron chi connectivity index (χ4n) is 15.0. The summed E-state index contributed by atoms with van der Waals surface area (Å²) in [4.78, 5) is 189. The monoisotopic (exact) mass is 2140 g/mol. The number of hydrogen-bond acceptors (Lipinski definition) is 36. The third-order valence-corrected chi connectivity index (χ3v) is 30.9. The van der Waals surface area contributed by atoms with Gasteiger partial charge in [0.2, 0.25) is 41.4 Å². The smallest absolute Gasteiger partial charge is 0.747 e. The molecule has 9 aliphatic heterocycles. The fraction of sp³-hybridized carbons (Fsp3) is 0.244. The van der Waals surface area contributed by atoms with Crippen LogP contribution in [0.4, 0.5) is 0 Å². The van der Waals surface area contributed by atoms with E-state index in [1.807, 2.05) is 0 Å². The van der Waals surface area contributed by atoms with Crippen molar-refractivity contribution in [3.05, 3.63) is 279 Å². The second-order valence-corrected chi connectivity index (χ2v) is 40.2. The molecule has 4 fully saturated rings. The number of amides is 11. The molecule has 0 bridgehead atoms. The van der Waals surface area contributed by atoms with Crippen molar-refractivity contribution in [2.75, 3.05) is 36.2 Å². The largest absolute Gasteiger partial charge is 1.00 e. The Morgan fingerprint density at radius 2 is 0.667 bits per heavy atom. The molecule has 12 heterocycles. The zero-order chi connectivity index (χ0) is 99.1. The van der Waals surface area contributed by atoms with Crippen molar-refractivity contribution in [1.82, 2.24) is 45.9 Å². The molecular formula is C82H72N14Na5O32S8+. The number of nitrogens with two attached hydrogens (primary N) is 3. The number of carboxylic acid groups (broad SMARTS) is 3. The van der Waals surface area contributed by atoms with Gasteiger partial charge in [-0.05, 0) is 40.0 Å². The second-order valence-electron chi connectivity index (χ2n) is 30.0. The number of primary amides is 3. The van der Waals surface area contributed by atoms with E-state index in [1.54, 1.807) is 45.5 Å². The van der Waals surface area contributed by atoms with Crippen LogP contribution in [0.15, 0.2) is 240 Å². The second kappa shape index (κ2) is 50.9. The molecule has 0 saturated carbocycles. The van der Waals surface area contributed by atoms with Crippen LogP contribution in [0, 0.1) is 0 Å². The number of pyridine rings is 3. The maximum atomic E-state index is 12.9. The van der Waals surface area contributed by atoms with Crippen molar-refractivity contribution in [2.45, 2.75) is 79.8 Å². The van der Waals surface area contributed by atoms with Crippen LogP contribution >= 0.6 is 47.0 Å². The van der Waals surface area contributed by atoms with Gasteiger partial charge in [0.05, 0.1) is 41.1 Å². The van der Waals surface area contributed by atoms with Gasteiger partial charge in [-0.3, -0.25) is 77.3 Å². The molecule has 4 aromatic carbocycles. The van der Waals surface area contributed by atoms with E-state index in [-0.39, 0.29) is 246 Å². The molecule has 9 aliphatic rings. The first-order chi connectivity index (χ1) is 64.2. The Kier molecular flexibility index (Phi) is 43.1. The molecule has 7 aromatic rings. The van der Waals surface area contributed by atoms with E-state index in [4.69, 9.17) is 21.9 Å². The summed E-state index contributed by atoms with van der Waals surface area (Å²) in [7, 11) is -20.3. The summed E-state index contributed by atoms with van der Waals surface area (Å²) >= 11 is 4.78. The Morgan fingerprint density at radius 1 is 0.404 bits per heavy atom. The quantitative estimate of drug-likeness (QED) is 0.00759. The molecule has 11 amide bonds. The molecular weight excluding hydrogens is 2060 g/mol. The molecule has 141 heavy (non-hydrogen) atoms. The van der Waals surface area contributed by atoms with Crippen molar-refractivity contribution in [1.29, 1.82) is 0 Å². The van der Waals surface area contributed by atoms with Crippen molar-refractivity contribution in [3.8, 4) is 0 Å². The van der Waals surface area contributed by atoms with Gasteiger partial charge in [0.25, 0.3) is 23.6 Å². The van der Waals surface area contributed by atoms with Crippen LogP contribution in [-0.2, 0) is 116 Å². The van der Waals surface area contributed by atoms with Crippen molar-refractivity contribution in [3.63, 3.8) is 0 Å². The molecule has 0 spiro atoms. The number of aromatic nitrogens is 3. The number of thioether (sulfide) groups is 4. The van der Waals surface area contributed by atoms with Crippen molar-refractivity contribution < 1.29 is 306 Å². The van der Waals surface area contributed by atoms with E-state index in [2.05, 4.69) is 26.3 Å². The van der Waals surface area contributed by atoms with E-state index >= 15 is 0 Å². The number of rotatable bonds is 27. The number of esters is 1. The van der Waals surface area contributed by atoms with E-state index < -0.39 is 203 Å². The van der Waals surface area contributed by atoms with Crippen molar-refractivity contribution in [2.24, 2.45) is 17.2 Å². The molecule has 0 aliphatic carbocycles. The van der Waals surface area contributed by atoms with E-state index in [1.165, 1.54) is 175 Å². The van der Waals surface area contributed by atoms with Gasteiger partial charge in [-0.25, -0.2) is 52.4 Å². The van der Waals surface area contributed by atoms with Crippen LogP contribution in [0.2, 0.25) is 0 Å². The molecule has 4 saturated heterocycles. The summed E-state index contributed by atoms with van der Waals surface area (Å²) in [6.07, 6.45) is 9.19. The Labute approximate surface area is 929 Å². The molecule has 12 N–H and O–H groups in total. The average molecular weight is 2140 g/mol. The van der Waals surface area contributed by atoms with Crippen LogP contribution in [-0.4, -0.2) is 257 Å². The summed E-state index contributed by atoms with van der Waals surface area (Å²) in [6, 6.07) is 33.1. The number of hydrogen-bond donors (Lipinski definition) is 9. The number of aliphatic carboxylic acids is 3. The number of carbonyl (C=O) groups excluding carboxylic acids is 14. The Balaban J connectivity index is 0.000000246. The number of cyclic esters (lactones) is 1. The van der Waals surface area contributed by atoms with Gasteiger partial charge in [-0.1, -0.05) is 121 Å². The number of nitrogens with one attached hydrogen (secondary N) is 4. The number of carboxylic acids is 3. The maximum Gasteiger partial charge on any atom is 1.00 e. The third-order valence-electron chi connectivity index (χ3n) is 21.3. The van der Waals surface area contributed by atoms with Crippen LogP contribution in [0.5, 0.6) is 0 Å². The molecule has 12 atom stereocenters. The molecule has 46 nitrogen and oxygen atoms in total. The van der Waals surface area contributed by atoms with Gasteiger partial charge in [-0.2, -0.15) is 0 Å². The standard InChI is InChI=1S/2C22H20N4O8S2.C16H16N2O8S2.C16H14N2O7S2.C6H6N2O.5Na/c2*23-18(27)13-6-8-25(9-7-13)10-14-11-35-21-15(20(29)26(21)16(14)22(30)31)24-19(28)17(36(32,33)34)12-4-2-1-3-5-12;19-6-9-7-27-15-10(14(21)18(15)11(9)16(22)23)17-13(20)12(28(24,25)26)8-4-2-1-3-5-8;19-13(12(27(22,23)24)8-4-2-1-3-5-8)17-10-14(20)18-11-9(6-25-16(11)21)7-26-15(10)18;7-6(9)5-1-3-8-4-2-5;;;;;/h2*1-9,15,17,21H,10-11H2,(H4-,23,24,27,28,30,31,32,33,34);1-5,10,12,15,19H,6-7H2,(H,17,20)(H,22,23)(H,24,25,26);1-5,10,12,15H,6-7H2,(H,17,19)(H,22,23,24);1-4H,(H2,7,9);;;;;/q;;;;;5*+1/p-4/t2*15-,17-,21-;2*10-,12-,15-;;;;;;/m1111....../s1. The van der Waals surface area contributed by atoms with Gasteiger partial charge < -0.3 is 91.4 Å². The molecule has 0 radical (unpaired) electrons. The van der Waals surface area contributed by atoms with E-state index in [9.17, 15) is 144 Å². The zero-order valence-electron chi connectivity index (χ0n) is 74.3. The normalized spacial score (nSPS) is 20.3. The Bertz CT molecular complexity index is 6460. The SMILES string of the molecule is NC(=O)c1cc[n+](CC2=C(C(=O)[O-])N3C(=O)[C@@H](NC(=O)[C@@H](c4ccccc4)S(=O)(=O)[O-])[C@H]3SC2)cc1.NC(=O)c1cc[n+](CC2=C(C(=O)[O-])N3C(=O)[C@@H](NC(=O)[C@@H](c4ccccc4)S(=O)(=O)[O-])[C@H]3SC2)cc1.NC(=O)c1ccncc1.O=C(O)C1=C(CO)CS[C@@H]2[C@H](NC(=O)[C@@H](c3ccccc3)S(=O)(=O)[O-])C(=O)N12.O=C1OCC2=C1N1C(=O)[C@@H](NC(=O)[C@@H](c3ccccc3)S(=O)(=O)[O-])[C@H]1SC2.[Na+].[Na+].[Na+].[Na+].[Na+]. The molecule has 3 aromatic heterocycles. The first kappa shape index (κ1) is 119. The molecule has 714 valence electrons. The summed E-state index contributed by atoms with van der Waals surface area (Å²) in [5, 5.41) is 40.6.